The predicted molar refractivity (Wildman–Crippen MR) is 87.2 cm³/mol. The molecule has 0 amide bonds. The van der Waals surface area contributed by atoms with E-state index in [1.807, 2.05) is 31.2 Å². The summed E-state index contributed by atoms with van der Waals surface area (Å²) in [5.74, 6) is 0. The zero-order valence-electron chi connectivity index (χ0n) is 11.4. The normalized spacial score (nSPS) is 13.6. The lowest BCUT2D eigenvalue weighted by molar-refractivity contribution is 1.01. The molecule has 21 heavy (non-hydrogen) atoms. The van der Waals surface area contributed by atoms with Gasteiger partial charge in [0, 0.05) is 17.7 Å². The lowest BCUT2D eigenvalue weighted by atomic mass is 10.1. The molecule has 2 aromatic rings. The third-order valence-electron chi connectivity index (χ3n) is 3.29. The minimum Gasteiger partial charge on any atom is -0.399 e. The van der Waals surface area contributed by atoms with E-state index in [1.165, 1.54) is 0 Å². The summed E-state index contributed by atoms with van der Waals surface area (Å²) in [6.07, 6.45) is 6.43. The van der Waals surface area contributed by atoms with Gasteiger partial charge in [0.2, 0.25) is 0 Å². The highest BCUT2D eigenvalue weighted by Crippen LogP contribution is 2.29. The molecule has 0 atom stereocenters. The summed E-state index contributed by atoms with van der Waals surface area (Å²) in [4.78, 5) is 9.35. The minimum absolute atomic E-state index is 0.502. The van der Waals surface area contributed by atoms with Crippen LogP contribution in [0.15, 0.2) is 36.0 Å². The predicted octanol–water partition coefficient (Wildman–Crippen LogP) is 4.17. The van der Waals surface area contributed by atoms with E-state index in [0.29, 0.717) is 15.7 Å². The zero-order chi connectivity index (χ0) is 15.0. The second-order valence-electron chi connectivity index (χ2n) is 4.87. The van der Waals surface area contributed by atoms with Gasteiger partial charge in [-0.05, 0) is 31.2 Å². The Morgan fingerprint density at radius 1 is 1.14 bits per heavy atom. The molecule has 0 bridgehead atoms. The molecule has 5 heteroatoms. The minimum atomic E-state index is 0.502. The first-order valence-electron chi connectivity index (χ1n) is 6.51. The van der Waals surface area contributed by atoms with Crippen molar-refractivity contribution in [3.8, 4) is 11.3 Å². The topological polar surface area (TPSA) is 51.8 Å². The molecule has 2 N–H and O–H groups in total. The van der Waals surface area contributed by atoms with Crippen LogP contribution in [0.25, 0.3) is 17.3 Å². The molecule has 1 aliphatic rings. The van der Waals surface area contributed by atoms with E-state index < -0.39 is 0 Å². The Morgan fingerprint density at radius 3 is 2.71 bits per heavy atom. The molecule has 0 fully saturated rings. The number of halogens is 2. The van der Waals surface area contributed by atoms with Crippen molar-refractivity contribution in [1.29, 1.82) is 0 Å². The Balaban J connectivity index is 2.16. The fraction of sp³-hybridized carbons (Fsp3) is 0.125. The van der Waals surface area contributed by atoms with E-state index in [0.717, 1.165) is 34.8 Å². The van der Waals surface area contributed by atoms with Crippen molar-refractivity contribution < 1.29 is 0 Å². The average Bonchev–Trinajstić information content (AvgIpc) is 2.61. The monoisotopic (exact) mass is 317 g/mol. The van der Waals surface area contributed by atoms with Gasteiger partial charge in [-0.3, -0.25) is 4.98 Å². The largest absolute Gasteiger partial charge is 0.399 e. The molecule has 1 aromatic carbocycles. The number of hydrogen-bond donors (Lipinski definition) is 1. The lowest BCUT2D eigenvalue weighted by Gasteiger charge is -2.10. The van der Waals surface area contributed by atoms with Crippen LogP contribution < -0.4 is 5.73 Å². The van der Waals surface area contributed by atoms with Gasteiger partial charge in [0.1, 0.15) is 0 Å². The van der Waals surface area contributed by atoms with Crippen LogP contribution in [-0.2, 0) is 6.42 Å². The van der Waals surface area contributed by atoms with Crippen molar-refractivity contribution in [2.45, 2.75) is 13.3 Å². The first kappa shape index (κ1) is 14.1. The van der Waals surface area contributed by atoms with Gasteiger partial charge >= 0.3 is 0 Å². The summed E-state index contributed by atoms with van der Waals surface area (Å²) in [6.45, 7) is 1.94. The molecule has 0 aliphatic heterocycles. The van der Waals surface area contributed by atoms with Crippen LogP contribution in [0.3, 0.4) is 0 Å². The number of rotatable bonds is 1. The maximum Gasteiger partial charge on any atom is 0.0922 e. The van der Waals surface area contributed by atoms with Crippen LogP contribution in [0.2, 0.25) is 10.0 Å². The molecule has 106 valence electrons. The van der Waals surface area contributed by atoms with Crippen LogP contribution in [0.4, 0.5) is 0 Å². The van der Waals surface area contributed by atoms with Crippen molar-refractivity contribution in [2.24, 2.45) is 5.73 Å². The van der Waals surface area contributed by atoms with Crippen molar-refractivity contribution >= 4 is 29.3 Å². The van der Waals surface area contributed by atoms with Gasteiger partial charge in [-0.15, -0.1) is 0 Å². The summed E-state index contributed by atoms with van der Waals surface area (Å²) in [7, 11) is 0. The van der Waals surface area contributed by atoms with Gasteiger partial charge < -0.3 is 5.73 Å². The molecular formula is C16H13Cl2N3. The Hall–Kier alpha value is -1.84. The highest BCUT2D eigenvalue weighted by atomic mass is 35.5. The Kier molecular flexibility index (Phi) is 3.70. The number of nitrogens with two attached hydrogens (primary N) is 1. The van der Waals surface area contributed by atoms with Gasteiger partial charge in [-0.1, -0.05) is 35.3 Å². The van der Waals surface area contributed by atoms with Crippen LogP contribution >= 0.6 is 23.2 Å². The summed E-state index contributed by atoms with van der Waals surface area (Å²) >= 11 is 12.0. The van der Waals surface area contributed by atoms with E-state index in [2.05, 4.69) is 4.98 Å². The first-order valence-corrected chi connectivity index (χ1v) is 7.27. The average molecular weight is 318 g/mol. The number of nitrogens with zero attached hydrogens (tertiary/aromatic N) is 2. The van der Waals surface area contributed by atoms with E-state index >= 15 is 0 Å². The van der Waals surface area contributed by atoms with Gasteiger partial charge in [0.05, 0.1) is 32.8 Å². The van der Waals surface area contributed by atoms with Crippen LogP contribution in [0, 0.1) is 6.92 Å². The molecule has 1 aromatic heterocycles. The van der Waals surface area contributed by atoms with E-state index in [1.54, 1.807) is 12.1 Å². The van der Waals surface area contributed by atoms with Crippen LogP contribution in [0.5, 0.6) is 0 Å². The van der Waals surface area contributed by atoms with Gasteiger partial charge in [0.25, 0.3) is 0 Å². The lowest BCUT2D eigenvalue weighted by Crippen LogP contribution is -2.02. The number of allylic oxidation sites excluding steroid dienone is 2. The molecular weight excluding hydrogens is 305 g/mol. The van der Waals surface area contributed by atoms with Crippen LogP contribution in [0.1, 0.15) is 17.1 Å². The molecule has 1 heterocycles. The molecule has 0 saturated heterocycles. The third kappa shape index (κ3) is 2.80. The number of benzene rings is 1. The quantitative estimate of drug-likeness (QED) is 0.858. The summed E-state index contributed by atoms with van der Waals surface area (Å²) in [6, 6.07) is 5.45. The second-order valence-corrected chi connectivity index (χ2v) is 5.68. The van der Waals surface area contributed by atoms with E-state index in [9.17, 15) is 0 Å². The van der Waals surface area contributed by atoms with Gasteiger partial charge in [0.15, 0.2) is 0 Å². The summed E-state index contributed by atoms with van der Waals surface area (Å²) in [5.41, 5.74) is 10.8. The third-order valence-corrected chi connectivity index (χ3v) is 4.03. The number of fused-ring (bicyclic) bond motifs is 1. The first-order chi connectivity index (χ1) is 10.0. The van der Waals surface area contributed by atoms with Gasteiger partial charge in [-0.25, -0.2) is 4.98 Å². The Morgan fingerprint density at radius 2 is 1.95 bits per heavy atom. The van der Waals surface area contributed by atoms with Crippen molar-refractivity contribution in [1.82, 2.24) is 9.97 Å². The van der Waals surface area contributed by atoms with Crippen molar-refractivity contribution in [3.05, 3.63) is 63.2 Å². The zero-order valence-corrected chi connectivity index (χ0v) is 12.9. The molecule has 3 nitrogen and oxygen atoms in total. The SMILES string of the molecule is Cc1nc2c(nc1-c1ccc(Cl)c(Cl)c1)C=C(N)C=CC2. The second kappa shape index (κ2) is 5.51. The Bertz CT molecular complexity index is 779. The Labute approximate surface area is 133 Å². The number of aromatic nitrogens is 2. The molecule has 1 aliphatic carbocycles. The van der Waals surface area contributed by atoms with E-state index in [-0.39, 0.29) is 0 Å². The standard InChI is InChI=1S/C16H13Cl2N3/c1-9-16(10-5-6-12(17)13(18)7-10)21-15-8-11(19)3-2-4-14(15)20-9/h2-3,5-8H,4,19H2,1H3. The highest BCUT2D eigenvalue weighted by molar-refractivity contribution is 6.42. The molecule has 0 saturated carbocycles. The van der Waals surface area contributed by atoms with Crippen molar-refractivity contribution in [2.75, 3.05) is 0 Å². The maximum atomic E-state index is 6.09. The van der Waals surface area contributed by atoms with Crippen LogP contribution in [-0.4, -0.2) is 9.97 Å². The van der Waals surface area contributed by atoms with E-state index in [4.69, 9.17) is 33.9 Å². The maximum absolute atomic E-state index is 6.09. The number of aryl methyl sites for hydroxylation is 1. The summed E-state index contributed by atoms with van der Waals surface area (Å²) in [5, 5.41) is 1.02. The fourth-order valence-electron chi connectivity index (χ4n) is 2.27. The summed E-state index contributed by atoms with van der Waals surface area (Å²) < 4.78 is 0. The molecule has 0 spiro atoms. The van der Waals surface area contributed by atoms with Gasteiger partial charge in [-0.2, -0.15) is 0 Å². The van der Waals surface area contributed by atoms with Crippen molar-refractivity contribution in [3.63, 3.8) is 0 Å². The molecule has 3 rings (SSSR count). The fourth-order valence-corrected chi connectivity index (χ4v) is 2.57. The number of hydrogen-bond acceptors (Lipinski definition) is 3. The molecule has 0 unspecified atom stereocenters. The molecule has 0 radical (unpaired) electrons. The smallest absolute Gasteiger partial charge is 0.0922 e. The highest BCUT2D eigenvalue weighted by Gasteiger charge is 2.13.